The van der Waals surface area contributed by atoms with E-state index in [-0.39, 0.29) is 0 Å². The molecule has 0 radical (unpaired) electrons. The number of hydrogen-bond acceptors (Lipinski definition) is 2. The van der Waals surface area contributed by atoms with Crippen molar-refractivity contribution in [1.29, 1.82) is 0 Å². The fraction of sp³-hybridized carbons (Fsp3) is 0. The first-order chi connectivity index (χ1) is 29.7. The molecule has 0 aliphatic heterocycles. The zero-order valence-electron chi connectivity index (χ0n) is 32.7. The summed E-state index contributed by atoms with van der Waals surface area (Å²) >= 11 is 0. The van der Waals surface area contributed by atoms with Gasteiger partial charge in [0.2, 0.25) is 0 Å². The van der Waals surface area contributed by atoms with E-state index in [9.17, 15) is 0 Å². The van der Waals surface area contributed by atoms with Crippen molar-refractivity contribution in [2.75, 3.05) is 4.90 Å². The van der Waals surface area contributed by atoms with E-state index in [4.69, 9.17) is 4.42 Å². The van der Waals surface area contributed by atoms with Crippen LogP contribution in [-0.4, -0.2) is 0 Å². The minimum Gasteiger partial charge on any atom is -0.455 e. The van der Waals surface area contributed by atoms with E-state index >= 15 is 0 Å². The van der Waals surface area contributed by atoms with Gasteiger partial charge in [-0.25, -0.2) is 0 Å². The third-order valence-electron chi connectivity index (χ3n) is 12.2. The molecule has 1 heterocycles. The summed E-state index contributed by atoms with van der Waals surface area (Å²) in [4.78, 5) is 2.39. The van der Waals surface area contributed by atoms with Gasteiger partial charge in [-0.3, -0.25) is 0 Å². The van der Waals surface area contributed by atoms with Gasteiger partial charge < -0.3 is 9.32 Å². The molecule has 0 amide bonds. The molecule has 2 heteroatoms. The van der Waals surface area contributed by atoms with Crippen molar-refractivity contribution in [2.45, 2.75) is 0 Å². The summed E-state index contributed by atoms with van der Waals surface area (Å²) in [6.45, 7) is 0. The lowest BCUT2D eigenvalue weighted by Crippen LogP contribution is -2.11. The first-order valence-electron chi connectivity index (χ1n) is 20.6. The number of para-hydroxylation sites is 1. The normalized spacial score (nSPS) is 11.7. The quantitative estimate of drug-likeness (QED) is 0.157. The molecule has 11 aromatic carbocycles. The summed E-state index contributed by atoms with van der Waals surface area (Å²) in [7, 11) is 0. The number of hydrogen-bond donors (Lipinski definition) is 0. The summed E-state index contributed by atoms with van der Waals surface area (Å²) < 4.78 is 6.52. The predicted molar refractivity (Wildman–Crippen MR) is 255 cm³/mol. The van der Waals surface area contributed by atoms with Crippen LogP contribution < -0.4 is 4.90 Å². The Hall–Kier alpha value is -7.94. The van der Waals surface area contributed by atoms with E-state index in [0.717, 1.165) is 55.5 Å². The predicted octanol–water partition coefficient (Wildman–Crippen LogP) is 16.7. The number of benzene rings is 11. The number of rotatable bonds is 6. The van der Waals surface area contributed by atoms with Gasteiger partial charge in [0.15, 0.2) is 0 Å². The lowest BCUT2D eigenvalue weighted by atomic mass is 9.97. The van der Waals surface area contributed by atoms with Gasteiger partial charge in [0, 0.05) is 33.1 Å². The summed E-state index contributed by atoms with van der Waals surface area (Å²) in [6.07, 6.45) is 0. The molecule has 280 valence electrons. The summed E-state index contributed by atoms with van der Waals surface area (Å²) in [5, 5.41) is 12.1. The molecule has 12 aromatic rings. The van der Waals surface area contributed by atoms with Crippen LogP contribution in [0, 0.1) is 0 Å². The van der Waals surface area contributed by atoms with E-state index in [1.807, 2.05) is 0 Å². The van der Waals surface area contributed by atoms with Gasteiger partial charge in [-0.05, 0) is 126 Å². The largest absolute Gasteiger partial charge is 0.455 e. The highest BCUT2D eigenvalue weighted by atomic mass is 16.3. The molecule has 0 fully saturated rings. The fourth-order valence-corrected chi connectivity index (χ4v) is 9.18. The highest BCUT2D eigenvalue weighted by Crippen LogP contribution is 2.44. The third kappa shape index (κ3) is 5.73. The molecule has 0 aliphatic carbocycles. The van der Waals surface area contributed by atoms with Crippen LogP contribution in [-0.2, 0) is 0 Å². The second kappa shape index (κ2) is 13.9. The Kier molecular flexibility index (Phi) is 7.89. The third-order valence-corrected chi connectivity index (χ3v) is 12.2. The van der Waals surface area contributed by atoms with E-state index in [1.165, 1.54) is 60.0 Å². The average Bonchev–Trinajstić information content (AvgIpc) is 3.70. The van der Waals surface area contributed by atoms with Gasteiger partial charge >= 0.3 is 0 Å². The van der Waals surface area contributed by atoms with Crippen LogP contribution in [0.4, 0.5) is 17.1 Å². The summed E-state index contributed by atoms with van der Waals surface area (Å²) in [5.74, 6) is 0. The Bertz CT molecular complexity index is 3600. The van der Waals surface area contributed by atoms with Crippen LogP contribution in [0.1, 0.15) is 0 Å². The van der Waals surface area contributed by atoms with Crippen LogP contribution in [0.2, 0.25) is 0 Å². The summed E-state index contributed by atoms with van der Waals surface area (Å²) in [5.41, 5.74) is 12.1. The molecular weight excluding hydrogens is 727 g/mol. The maximum Gasteiger partial charge on any atom is 0.143 e. The lowest BCUT2D eigenvalue weighted by molar-refractivity contribution is 0.672. The van der Waals surface area contributed by atoms with Gasteiger partial charge in [-0.1, -0.05) is 164 Å². The van der Waals surface area contributed by atoms with E-state index in [0.29, 0.717) is 0 Å². The van der Waals surface area contributed by atoms with Gasteiger partial charge in [-0.15, -0.1) is 0 Å². The Morgan fingerprint density at radius 2 is 0.783 bits per heavy atom. The minimum absolute atomic E-state index is 0.890. The molecule has 0 unspecified atom stereocenters. The van der Waals surface area contributed by atoms with Gasteiger partial charge in [0.1, 0.15) is 11.2 Å². The van der Waals surface area contributed by atoms with Crippen molar-refractivity contribution in [3.8, 4) is 33.4 Å². The molecule has 2 nitrogen and oxygen atoms in total. The van der Waals surface area contributed by atoms with E-state index in [1.54, 1.807) is 0 Å². The maximum atomic E-state index is 6.52. The van der Waals surface area contributed by atoms with Crippen LogP contribution in [0.3, 0.4) is 0 Å². The molecule has 0 aliphatic rings. The molecular formula is C58H37NO. The van der Waals surface area contributed by atoms with Gasteiger partial charge in [-0.2, -0.15) is 0 Å². The van der Waals surface area contributed by atoms with Crippen molar-refractivity contribution >= 4 is 82.1 Å². The number of fused-ring (bicyclic) bond motifs is 9. The van der Waals surface area contributed by atoms with E-state index in [2.05, 4.69) is 229 Å². The standard InChI is InChI=1S/C58H37NO/c1-2-12-43-35-44(19-17-38(43)9-1)39-21-28-48(29-22-39)59(49-30-23-40(24-31-49)45-26-32-51-46(36-45)20-18-41-10-3-5-13-50(41)51)56-16-8-7-14-52(56)47-27-34-57-55(37-47)54-33-25-42-11-4-6-15-53(42)58(54)60-57/h1-37H. The Labute approximate surface area is 347 Å². The highest BCUT2D eigenvalue weighted by Gasteiger charge is 2.19. The van der Waals surface area contributed by atoms with Crippen LogP contribution in [0.15, 0.2) is 229 Å². The highest BCUT2D eigenvalue weighted by molar-refractivity contribution is 6.16. The van der Waals surface area contributed by atoms with Crippen molar-refractivity contribution in [3.05, 3.63) is 224 Å². The number of anilines is 3. The smallest absolute Gasteiger partial charge is 0.143 e. The molecule has 0 atom stereocenters. The first-order valence-corrected chi connectivity index (χ1v) is 20.6. The zero-order valence-corrected chi connectivity index (χ0v) is 32.7. The molecule has 0 N–H and O–H groups in total. The van der Waals surface area contributed by atoms with Gasteiger partial charge in [0.25, 0.3) is 0 Å². The van der Waals surface area contributed by atoms with Gasteiger partial charge in [0.05, 0.1) is 5.69 Å². The molecule has 0 saturated carbocycles. The lowest BCUT2D eigenvalue weighted by Gasteiger charge is -2.28. The Balaban J connectivity index is 0.977. The van der Waals surface area contributed by atoms with Crippen molar-refractivity contribution in [3.63, 3.8) is 0 Å². The maximum absolute atomic E-state index is 6.52. The number of furan rings is 1. The van der Waals surface area contributed by atoms with Crippen LogP contribution in [0.5, 0.6) is 0 Å². The Morgan fingerprint density at radius 3 is 1.55 bits per heavy atom. The molecule has 60 heavy (non-hydrogen) atoms. The van der Waals surface area contributed by atoms with Crippen molar-refractivity contribution in [2.24, 2.45) is 0 Å². The number of nitrogens with zero attached hydrogens (tertiary/aromatic N) is 1. The first kappa shape index (κ1) is 34.1. The van der Waals surface area contributed by atoms with Crippen LogP contribution in [0.25, 0.3) is 98.4 Å². The van der Waals surface area contributed by atoms with Crippen molar-refractivity contribution < 1.29 is 4.42 Å². The molecule has 0 spiro atoms. The second-order valence-electron chi connectivity index (χ2n) is 15.7. The SMILES string of the molecule is c1ccc(N(c2ccc(-c3ccc4ccccc4c3)cc2)c2ccc(-c3ccc4c(ccc5ccccc54)c3)cc2)c(-c2ccc3oc4c5ccccc5ccc4c3c2)c1. The van der Waals surface area contributed by atoms with Crippen molar-refractivity contribution in [1.82, 2.24) is 0 Å². The van der Waals surface area contributed by atoms with E-state index < -0.39 is 0 Å². The molecule has 0 bridgehead atoms. The molecule has 1 aromatic heterocycles. The topological polar surface area (TPSA) is 16.4 Å². The second-order valence-corrected chi connectivity index (χ2v) is 15.7. The minimum atomic E-state index is 0.890. The fourth-order valence-electron chi connectivity index (χ4n) is 9.18. The molecule has 0 saturated heterocycles. The Morgan fingerprint density at radius 1 is 0.283 bits per heavy atom. The zero-order chi connectivity index (χ0) is 39.6. The molecule has 12 rings (SSSR count). The average molecular weight is 764 g/mol. The summed E-state index contributed by atoms with van der Waals surface area (Å²) in [6, 6.07) is 81.4. The van der Waals surface area contributed by atoms with Crippen LogP contribution >= 0.6 is 0 Å². The monoisotopic (exact) mass is 763 g/mol.